The maximum absolute atomic E-state index is 11.5. The molecule has 0 aromatic carbocycles. The van der Waals surface area contributed by atoms with Crippen molar-refractivity contribution < 1.29 is 14.7 Å². The number of hydrogen-bond donors (Lipinski definition) is 2. The maximum atomic E-state index is 11.5. The Balaban J connectivity index is 2.06. The predicted octanol–water partition coefficient (Wildman–Crippen LogP) is 0.977. The van der Waals surface area contributed by atoms with Crippen LogP contribution in [-0.2, 0) is 9.59 Å². The van der Waals surface area contributed by atoms with Gasteiger partial charge in [0.2, 0.25) is 5.91 Å². The molecule has 1 fully saturated rings. The van der Waals surface area contributed by atoms with Gasteiger partial charge in [0.05, 0.1) is 11.8 Å². The number of carboxylic acid groups (broad SMARTS) is 1. The average molecular weight is 306 g/mol. The van der Waals surface area contributed by atoms with E-state index in [1.165, 1.54) is 0 Å². The second kappa shape index (κ2) is 5.36. The minimum Gasteiger partial charge on any atom is -0.481 e. The van der Waals surface area contributed by atoms with Gasteiger partial charge in [-0.05, 0) is 18.6 Å². The molecule has 8 heteroatoms. The number of hydrogen-bond acceptors (Lipinski definition) is 5. The van der Waals surface area contributed by atoms with Crippen molar-refractivity contribution in [2.45, 2.75) is 24.5 Å². The number of thioether (sulfide) groups is 1. The first-order valence-electron chi connectivity index (χ1n) is 6.50. The van der Waals surface area contributed by atoms with Gasteiger partial charge in [-0.25, -0.2) is 9.97 Å². The summed E-state index contributed by atoms with van der Waals surface area (Å²) in [4.78, 5) is 31.1. The maximum Gasteiger partial charge on any atom is 0.313 e. The number of nitrogens with zero attached hydrogens (tertiary/aromatic N) is 3. The fourth-order valence-electron chi connectivity index (χ4n) is 2.39. The van der Waals surface area contributed by atoms with Crippen LogP contribution in [0.1, 0.15) is 18.0 Å². The van der Waals surface area contributed by atoms with Crippen molar-refractivity contribution in [1.29, 1.82) is 0 Å². The summed E-state index contributed by atoms with van der Waals surface area (Å²) >= 11 is 1.15. The van der Waals surface area contributed by atoms with Gasteiger partial charge < -0.3 is 10.4 Å². The number of aryl methyl sites for hydroxylation is 1. The molecular formula is C13H14N4O3S. The smallest absolute Gasteiger partial charge is 0.313 e. The number of carbonyl (C=O) groups excluding carboxylic acids is 1. The normalized spacial score (nSPS) is 18.1. The standard InChI is InChI=1S/C13H14N4O3S/c1-7-2-9-12(15-4-7)17(8-3-10(18)14-5-8)13(16-9)21-6-11(19)20/h2,4,8H,3,5-6H2,1H3,(H,14,18)(H,19,20). The van der Waals surface area contributed by atoms with Crippen LogP contribution in [0.5, 0.6) is 0 Å². The van der Waals surface area contributed by atoms with E-state index in [1.807, 2.05) is 17.6 Å². The van der Waals surface area contributed by atoms with Gasteiger partial charge in [0.1, 0.15) is 5.52 Å². The summed E-state index contributed by atoms with van der Waals surface area (Å²) in [5.74, 6) is -0.984. The molecule has 21 heavy (non-hydrogen) atoms. The number of nitrogens with one attached hydrogen (secondary N) is 1. The van der Waals surface area contributed by atoms with Crippen LogP contribution in [0, 0.1) is 6.92 Å². The Morgan fingerprint density at radius 2 is 2.43 bits per heavy atom. The van der Waals surface area contributed by atoms with Crippen LogP contribution in [0.15, 0.2) is 17.4 Å². The fourth-order valence-corrected chi connectivity index (χ4v) is 3.18. The van der Waals surface area contributed by atoms with Crippen LogP contribution in [0.25, 0.3) is 11.2 Å². The number of rotatable bonds is 4. The Morgan fingerprint density at radius 1 is 1.62 bits per heavy atom. The van der Waals surface area contributed by atoms with Gasteiger partial charge in [-0.1, -0.05) is 11.8 Å². The topological polar surface area (TPSA) is 97.1 Å². The summed E-state index contributed by atoms with van der Waals surface area (Å²) in [5, 5.41) is 12.2. The highest BCUT2D eigenvalue weighted by molar-refractivity contribution is 7.99. The van der Waals surface area contributed by atoms with E-state index in [0.29, 0.717) is 23.8 Å². The van der Waals surface area contributed by atoms with E-state index in [1.54, 1.807) is 6.20 Å². The summed E-state index contributed by atoms with van der Waals surface area (Å²) < 4.78 is 1.88. The Labute approximate surface area is 124 Å². The molecule has 0 bridgehead atoms. The number of aromatic nitrogens is 3. The number of imidazole rings is 1. The van der Waals surface area contributed by atoms with E-state index in [2.05, 4.69) is 15.3 Å². The highest BCUT2D eigenvalue weighted by Gasteiger charge is 2.28. The molecule has 1 atom stereocenters. The second-order valence-corrected chi connectivity index (χ2v) is 5.91. The number of fused-ring (bicyclic) bond motifs is 1. The van der Waals surface area contributed by atoms with Gasteiger partial charge >= 0.3 is 5.97 Å². The summed E-state index contributed by atoms with van der Waals surface area (Å²) in [6.07, 6.45) is 2.11. The van der Waals surface area contributed by atoms with E-state index in [-0.39, 0.29) is 17.7 Å². The average Bonchev–Trinajstić information content (AvgIpc) is 2.98. The first-order valence-corrected chi connectivity index (χ1v) is 7.49. The van der Waals surface area contributed by atoms with E-state index in [0.717, 1.165) is 22.8 Å². The van der Waals surface area contributed by atoms with Gasteiger partial charge in [-0.2, -0.15) is 0 Å². The van der Waals surface area contributed by atoms with E-state index < -0.39 is 5.97 Å². The third kappa shape index (κ3) is 2.71. The molecule has 2 aromatic rings. The summed E-state index contributed by atoms with van der Waals surface area (Å²) in [7, 11) is 0. The molecule has 0 saturated carbocycles. The lowest BCUT2D eigenvalue weighted by molar-refractivity contribution is -0.134. The van der Waals surface area contributed by atoms with Crippen LogP contribution >= 0.6 is 11.8 Å². The predicted molar refractivity (Wildman–Crippen MR) is 77.3 cm³/mol. The molecule has 3 rings (SSSR count). The van der Waals surface area contributed by atoms with Crippen molar-refractivity contribution in [3.8, 4) is 0 Å². The third-order valence-corrected chi connectivity index (χ3v) is 4.22. The largest absolute Gasteiger partial charge is 0.481 e. The lowest BCUT2D eigenvalue weighted by atomic mass is 10.2. The van der Waals surface area contributed by atoms with E-state index >= 15 is 0 Å². The molecule has 110 valence electrons. The molecule has 1 aliphatic rings. The van der Waals surface area contributed by atoms with Crippen molar-refractivity contribution in [2.75, 3.05) is 12.3 Å². The van der Waals surface area contributed by atoms with Crippen LogP contribution in [0.2, 0.25) is 0 Å². The molecule has 2 N–H and O–H groups in total. The Bertz CT molecular complexity index is 728. The van der Waals surface area contributed by atoms with Crippen molar-refractivity contribution in [3.05, 3.63) is 17.8 Å². The monoisotopic (exact) mass is 306 g/mol. The molecule has 0 spiro atoms. The van der Waals surface area contributed by atoms with Gasteiger partial charge in [0, 0.05) is 19.2 Å². The molecule has 7 nitrogen and oxygen atoms in total. The number of pyridine rings is 1. The molecule has 1 amide bonds. The first-order chi connectivity index (χ1) is 10.0. The third-order valence-electron chi connectivity index (χ3n) is 3.28. The molecule has 0 aliphatic carbocycles. The zero-order valence-corrected chi connectivity index (χ0v) is 12.2. The Morgan fingerprint density at radius 3 is 3.10 bits per heavy atom. The molecule has 0 radical (unpaired) electrons. The first kappa shape index (κ1) is 13.9. The Kier molecular flexibility index (Phi) is 3.54. The van der Waals surface area contributed by atoms with Gasteiger partial charge in [0.15, 0.2) is 10.8 Å². The van der Waals surface area contributed by atoms with Crippen molar-refractivity contribution in [2.24, 2.45) is 0 Å². The molecule has 1 aliphatic heterocycles. The van der Waals surface area contributed by atoms with Crippen molar-refractivity contribution in [3.63, 3.8) is 0 Å². The minimum atomic E-state index is -0.900. The lowest BCUT2D eigenvalue weighted by Crippen LogP contribution is -2.16. The SMILES string of the molecule is Cc1cnc2c(c1)nc(SCC(=O)O)n2C1CNC(=O)C1. The van der Waals surface area contributed by atoms with Gasteiger partial charge in [-0.15, -0.1) is 0 Å². The Hall–Kier alpha value is -2.09. The lowest BCUT2D eigenvalue weighted by Gasteiger charge is -2.13. The van der Waals surface area contributed by atoms with Gasteiger partial charge in [0.25, 0.3) is 0 Å². The van der Waals surface area contributed by atoms with Crippen molar-refractivity contribution in [1.82, 2.24) is 19.9 Å². The number of carboxylic acids is 1. The number of carbonyl (C=O) groups is 2. The zero-order valence-electron chi connectivity index (χ0n) is 11.4. The summed E-state index contributed by atoms with van der Waals surface area (Å²) in [5.41, 5.74) is 2.40. The van der Waals surface area contributed by atoms with E-state index in [9.17, 15) is 9.59 Å². The van der Waals surface area contributed by atoms with E-state index in [4.69, 9.17) is 5.11 Å². The fraction of sp³-hybridized carbons (Fsp3) is 0.385. The van der Waals surface area contributed by atoms with Crippen LogP contribution < -0.4 is 5.32 Å². The second-order valence-electron chi connectivity index (χ2n) is 4.96. The minimum absolute atomic E-state index is 0.0110. The molecular weight excluding hydrogens is 292 g/mol. The highest BCUT2D eigenvalue weighted by atomic mass is 32.2. The number of aliphatic carboxylic acids is 1. The van der Waals surface area contributed by atoms with Gasteiger partial charge in [-0.3, -0.25) is 14.2 Å². The number of amides is 1. The summed E-state index contributed by atoms with van der Waals surface area (Å²) in [6.45, 7) is 2.44. The highest BCUT2D eigenvalue weighted by Crippen LogP contribution is 2.29. The molecule has 1 saturated heterocycles. The molecule has 1 unspecified atom stereocenters. The van der Waals surface area contributed by atoms with Crippen LogP contribution in [0.4, 0.5) is 0 Å². The van der Waals surface area contributed by atoms with Crippen molar-refractivity contribution >= 4 is 34.8 Å². The molecule has 2 aromatic heterocycles. The quantitative estimate of drug-likeness (QED) is 0.817. The molecule has 3 heterocycles. The van der Waals surface area contributed by atoms with Crippen LogP contribution in [0.3, 0.4) is 0 Å². The van der Waals surface area contributed by atoms with Crippen LogP contribution in [-0.4, -0.2) is 43.8 Å². The zero-order chi connectivity index (χ0) is 15.0. The summed E-state index contributed by atoms with van der Waals surface area (Å²) in [6, 6.07) is 1.84.